The molecule has 2 rings (SSSR count). The average molecular weight is 390 g/mol. The van der Waals surface area contributed by atoms with Gasteiger partial charge in [-0.25, -0.2) is 0 Å². The van der Waals surface area contributed by atoms with Gasteiger partial charge in [-0.3, -0.25) is 0 Å². The quantitative estimate of drug-likeness (QED) is 0.328. The van der Waals surface area contributed by atoms with Crippen LogP contribution in [0.25, 0.3) is 0 Å². The summed E-state index contributed by atoms with van der Waals surface area (Å²) in [7, 11) is -7.92. The minimum absolute atomic E-state index is 0.478. The van der Waals surface area contributed by atoms with Crippen LogP contribution in [0, 0.1) is 0 Å². The van der Waals surface area contributed by atoms with Crippen molar-refractivity contribution in [2.24, 2.45) is 0 Å². The lowest BCUT2D eigenvalue weighted by molar-refractivity contribution is -0.732. The standard InChI is InChI=1S/C12H22O10S2/c13-23(14,11-7-3-1-4-8-11)21-19-17-18-20-22-24(15,16)12-9-5-2-6-10-12/h11-12H,1-10H2. The molecule has 0 atom stereocenters. The highest BCUT2D eigenvalue weighted by Gasteiger charge is 2.31. The van der Waals surface area contributed by atoms with Crippen LogP contribution in [-0.4, -0.2) is 27.3 Å². The van der Waals surface area contributed by atoms with Gasteiger partial charge in [0, 0.05) is 0 Å². The fraction of sp³-hybridized carbons (Fsp3) is 1.00. The van der Waals surface area contributed by atoms with E-state index >= 15 is 0 Å². The van der Waals surface area contributed by atoms with Crippen molar-refractivity contribution in [3.63, 3.8) is 0 Å². The summed E-state index contributed by atoms with van der Waals surface area (Å²) in [5, 5.41) is 14.1. The molecule has 0 aliphatic heterocycles. The molecule has 142 valence electrons. The van der Waals surface area contributed by atoms with Crippen molar-refractivity contribution in [1.29, 1.82) is 0 Å². The fourth-order valence-electron chi connectivity index (χ4n) is 2.94. The summed E-state index contributed by atoms with van der Waals surface area (Å²) >= 11 is 0. The molecular formula is C12H22O10S2. The Balaban J connectivity index is 1.60. The van der Waals surface area contributed by atoms with Gasteiger partial charge in [0.25, 0.3) is 20.2 Å². The number of hydrogen-bond acceptors (Lipinski definition) is 10. The van der Waals surface area contributed by atoms with Gasteiger partial charge in [-0.05, 0) is 45.8 Å². The maximum Gasteiger partial charge on any atom is 0.298 e. The van der Waals surface area contributed by atoms with Crippen molar-refractivity contribution >= 4 is 20.2 Å². The molecule has 10 nitrogen and oxygen atoms in total. The molecule has 0 saturated heterocycles. The second kappa shape index (κ2) is 9.38. The van der Waals surface area contributed by atoms with E-state index < -0.39 is 30.7 Å². The van der Waals surface area contributed by atoms with Crippen LogP contribution >= 0.6 is 0 Å². The zero-order valence-corrected chi connectivity index (χ0v) is 14.8. The lowest BCUT2D eigenvalue weighted by Gasteiger charge is -2.19. The molecule has 0 spiro atoms. The van der Waals surface area contributed by atoms with E-state index in [0.717, 1.165) is 38.5 Å². The van der Waals surface area contributed by atoms with Gasteiger partial charge < -0.3 is 0 Å². The zero-order chi connectivity index (χ0) is 17.5. The van der Waals surface area contributed by atoms with E-state index in [4.69, 9.17) is 0 Å². The van der Waals surface area contributed by atoms with Crippen molar-refractivity contribution in [2.75, 3.05) is 0 Å². The molecule has 0 N–H and O–H groups in total. The second-order valence-corrected chi connectivity index (χ2v) is 9.49. The molecule has 24 heavy (non-hydrogen) atoms. The molecule has 2 aliphatic carbocycles. The highest BCUT2D eigenvalue weighted by Crippen LogP contribution is 2.26. The maximum absolute atomic E-state index is 11.7. The lowest BCUT2D eigenvalue weighted by Crippen LogP contribution is -2.27. The van der Waals surface area contributed by atoms with Crippen molar-refractivity contribution in [2.45, 2.75) is 74.7 Å². The molecule has 0 radical (unpaired) electrons. The first-order chi connectivity index (χ1) is 11.4. The highest BCUT2D eigenvalue weighted by molar-refractivity contribution is 7.87. The molecule has 0 heterocycles. The molecule has 0 bridgehead atoms. The number of hydrogen-bond donors (Lipinski definition) is 0. The highest BCUT2D eigenvalue weighted by atomic mass is 32.2. The van der Waals surface area contributed by atoms with E-state index in [9.17, 15) is 16.8 Å². The molecule has 12 heteroatoms. The van der Waals surface area contributed by atoms with Gasteiger partial charge in [0.2, 0.25) is 0 Å². The Kier molecular flexibility index (Phi) is 7.81. The van der Waals surface area contributed by atoms with Crippen molar-refractivity contribution in [1.82, 2.24) is 0 Å². The first-order valence-electron chi connectivity index (χ1n) is 7.94. The Bertz CT molecular complexity index is 509. The smallest absolute Gasteiger partial charge is 0.197 e. The van der Waals surface area contributed by atoms with E-state index in [1.165, 1.54) is 0 Å². The van der Waals surface area contributed by atoms with Crippen molar-refractivity contribution < 1.29 is 45.7 Å². The summed E-state index contributed by atoms with van der Waals surface area (Å²) in [5.74, 6) is 0. The fourth-order valence-corrected chi connectivity index (χ4v) is 5.19. The summed E-state index contributed by atoms with van der Waals surface area (Å²) < 4.78 is 55.2. The predicted octanol–water partition coefficient (Wildman–Crippen LogP) is 1.99. The number of rotatable bonds is 9. The lowest BCUT2D eigenvalue weighted by atomic mass is 10.0. The average Bonchev–Trinajstić information content (AvgIpc) is 2.59. The third-order valence-electron chi connectivity index (χ3n) is 4.25. The second-order valence-electron chi connectivity index (χ2n) is 5.91. The zero-order valence-electron chi connectivity index (χ0n) is 13.1. The summed E-state index contributed by atoms with van der Waals surface area (Å²) in [4.78, 5) is 0. The Morgan fingerprint density at radius 1 is 0.500 bits per heavy atom. The minimum atomic E-state index is -3.96. The molecule has 0 unspecified atom stereocenters. The van der Waals surface area contributed by atoms with E-state index in [2.05, 4.69) is 28.8 Å². The first kappa shape index (κ1) is 20.0. The van der Waals surface area contributed by atoms with Crippen LogP contribution in [0.2, 0.25) is 0 Å². The van der Waals surface area contributed by atoms with Gasteiger partial charge in [0.15, 0.2) is 0 Å². The largest absolute Gasteiger partial charge is 0.298 e. The topological polar surface area (TPSA) is 124 Å². The van der Waals surface area contributed by atoms with Crippen LogP contribution in [0.5, 0.6) is 0 Å². The van der Waals surface area contributed by atoms with Gasteiger partial charge in [-0.2, -0.15) is 16.8 Å². The summed E-state index contributed by atoms with van der Waals surface area (Å²) in [6.07, 6.45) is 7.04. The first-order valence-corrected chi connectivity index (χ1v) is 10.9. The molecular weight excluding hydrogens is 368 g/mol. The van der Waals surface area contributed by atoms with Crippen LogP contribution in [-0.2, 0) is 49.1 Å². The maximum atomic E-state index is 11.7. The van der Waals surface area contributed by atoms with Crippen molar-refractivity contribution in [3.05, 3.63) is 0 Å². The van der Waals surface area contributed by atoms with Gasteiger partial charge in [-0.15, -0.1) is 0 Å². The van der Waals surface area contributed by atoms with E-state index in [0.29, 0.717) is 25.7 Å². The Labute approximate surface area is 141 Å². The van der Waals surface area contributed by atoms with Gasteiger partial charge in [0.1, 0.15) is 0 Å². The van der Waals surface area contributed by atoms with Gasteiger partial charge in [0.05, 0.1) is 10.5 Å². The Hall–Kier alpha value is -0.340. The molecule has 2 fully saturated rings. The molecule has 0 aromatic rings. The van der Waals surface area contributed by atoms with Crippen LogP contribution in [0.3, 0.4) is 0 Å². The third kappa shape index (κ3) is 6.19. The van der Waals surface area contributed by atoms with Gasteiger partial charge >= 0.3 is 0 Å². The summed E-state index contributed by atoms with van der Waals surface area (Å²) in [5.41, 5.74) is 0. The van der Waals surface area contributed by atoms with Crippen LogP contribution in [0.4, 0.5) is 0 Å². The van der Waals surface area contributed by atoms with E-state index in [-0.39, 0.29) is 0 Å². The molecule has 2 aliphatic rings. The summed E-state index contributed by atoms with van der Waals surface area (Å²) in [6, 6.07) is 0. The van der Waals surface area contributed by atoms with E-state index in [1.807, 2.05) is 0 Å². The molecule has 0 aromatic heterocycles. The normalized spacial score (nSPS) is 21.8. The molecule has 2 saturated carbocycles. The van der Waals surface area contributed by atoms with Gasteiger partial charge in [-0.1, -0.05) is 47.2 Å². The van der Waals surface area contributed by atoms with Crippen molar-refractivity contribution in [3.8, 4) is 0 Å². The van der Waals surface area contributed by atoms with E-state index in [1.54, 1.807) is 0 Å². The SMILES string of the molecule is O=S(=O)(OOOOOOS(=O)(=O)C1CCCCC1)C1CCCCC1. The summed E-state index contributed by atoms with van der Waals surface area (Å²) in [6.45, 7) is 0. The Morgan fingerprint density at radius 2 is 0.833 bits per heavy atom. The Morgan fingerprint density at radius 3 is 1.17 bits per heavy atom. The molecule has 0 amide bonds. The molecule has 0 aromatic carbocycles. The van der Waals surface area contributed by atoms with Crippen LogP contribution < -0.4 is 0 Å². The van der Waals surface area contributed by atoms with Crippen LogP contribution in [0.15, 0.2) is 0 Å². The third-order valence-corrected chi connectivity index (χ3v) is 7.32. The van der Waals surface area contributed by atoms with Crippen LogP contribution in [0.1, 0.15) is 64.2 Å². The minimum Gasteiger partial charge on any atom is -0.197 e. The predicted molar refractivity (Wildman–Crippen MR) is 78.1 cm³/mol. The monoisotopic (exact) mass is 390 g/mol.